The van der Waals surface area contributed by atoms with Gasteiger partial charge in [0.05, 0.1) is 0 Å². The monoisotopic (exact) mass is 331 g/mol. The van der Waals surface area contributed by atoms with Gasteiger partial charge in [-0.1, -0.05) is 41.9 Å². The number of aryl methyl sites for hydroxylation is 1. The zero-order valence-electron chi connectivity index (χ0n) is 13.0. The van der Waals surface area contributed by atoms with Crippen LogP contribution >= 0.6 is 11.6 Å². The van der Waals surface area contributed by atoms with Crippen LogP contribution in [-0.4, -0.2) is 24.4 Å². The number of rotatable bonds is 6. The van der Waals surface area contributed by atoms with E-state index in [0.717, 1.165) is 12.8 Å². The Morgan fingerprint density at radius 1 is 1.22 bits per heavy atom. The minimum Gasteiger partial charge on any atom is -0.491 e. The normalized spacial score (nSPS) is 18.3. The summed E-state index contributed by atoms with van der Waals surface area (Å²) in [6.45, 7) is 0.765. The van der Waals surface area contributed by atoms with Crippen molar-refractivity contribution < 1.29 is 9.84 Å². The lowest BCUT2D eigenvalue weighted by molar-refractivity contribution is 0.103. The Morgan fingerprint density at radius 2 is 2.09 bits per heavy atom. The molecular weight excluding hydrogens is 310 g/mol. The van der Waals surface area contributed by atoms with Gasteiger partial charge >= 0.3 is 0 Å². The average Bonchev–Trinajstić information content (AvgIpc) is 2.58. The predicted molar refractivity (Wildman–Crippen MR) is 93.1 cm³/mol. The molecule has 0 bridgehead atoms. The van der Waals surface area contributed by atoms with Gasteiger partial charge in [0.15, 0.2) is 0 Å². The highest BCUT2D eigenvalue weighted by Gasteiger charge is 2.20. The maximum atomic E-state index is 10.1. The molecule has 0 amide bonds. The molecule has 0 saturated carbocycles. The summed E-state index contributed by atoms with van der Waals surface area (Å²) in [6.07, 6.45) is 2.89. The summed E-state index contributed by atoms with van der Waals surface area (Å²) in [5, 5.41) is 14.2. The second-order valence-corrected chi connectivity index (χ2v) is 6.41. The summed E-state index contributed by atoms with van der Waals surface area (Å²) < 4.78 is 5.58. The van der Waals surface area contributed by atoms with E-state index in [1.165, 1.54) is 17.5 Å². The van der Waals surface area contributed by atoms with Crippen LogP contribution in [0, 0.1) is 0 Å². The van der Waals surface area contributed by atoms with Gasteiger partial charge in [-0.3, -0.25) is 0 Å². The summed E-state index contributed by atoms with van der Waals surface area (Å²) in [7, 11) is 0. The first-order valence-electron chi connectivity index (χ1n) is 8.10. The Labute approximate surface area is 142 Å². The number of halogens is 1. The van der Waals surface area contributed by atoms with Crippen LogP contribution in [0.3, 0.4) is 0 Å². The SMILES string of the molecule is OC(CNC1CCCc2ccccc21)COc1cccc(Cl)c1. The van der Waals surface area contributed by atoms with Crippen molar-refractivity contribution in [2.24, 2.45) is 0 Å². The van der Waals surface area contributed by atoms with Crippen molar-refractivity contribution in [3.05, 3.63) is 64.7 Å². The van der Waals surface area contributed by atoms with Crippen molar-refractivity contribution in [3.8, 4) is 5.75 Å². The Balaban J connectivity index is 1.49. The van der Waals surface area contributed by atoms with Crippen molar-refractivity contribution in [2.75, 3.05) is 13.2 Å². The fraction of sp³-hybridized carbons (Fsp3) is 0.368. The number of hydrogen-bond donors (Lipinski definition) is 2. The summed E-state index contributed by atoms with van der Waals surface area (Å²) in [5.74, 6) is 0.680. The number of fused-ring (bicyclic) bond motifs is 1. The highest BCUT2D eigenvalue weighted by Crippen LogP contribution is 2.29. The molecule has 0 heterocycles. The largest absolute Gasteiger partial charge is 0.491 e. The standard InChI is InChI=1S/C19H22ClNO2/c20-15-7-4-8-17(11-15)23-13-16(22)12-21-19-10-3-6-14-5-1-2-9-18(14)19/h1-2,4-5,7-9,11,16,19,21-22H,3,6,10,12-13H2. The Kier molecular flexibility index (Phi) is 5.55. The molecule has 0 aliphatic heterocycles. The molecule has 0 fully saturated rings. The van der Waals surface area contributed by atoms with Gasteiger partial charge in [-0.2, -0.15) is 0 Å². The topological polar surface area (TPSA) is 41.5 Å². The maximum Gasteiger partial charge on any atom is 0.120 e. The van der Waals surface area contributed by atoms with E-state index in [4.69, 9.17) is 16.3 Å². The van der Waals surface area contributed by atoms with Crippen molar-refractivity contribution in [1.29, 1.82) is 0 Å². The molecule has 0 aromatic heterocycles. The van der Waals surface area contributed by atoms with Gasteiger partial charge in [-0.25, -0.2) is 0 Å². The summed E-state index contributed by atoms with van der Waals surface area (Å²) >= 11 is 5.92. The number of benzene rings is 2. The lowest BCUT2D eigenvalue weighted by Gasteiger charge is -2.27. The molecule has 0 spiro atoms. The molecule has 0 radical (unpaired) electrons. The van der Waals surface area contributed by atoms with Crippen LogP contribution in [0.2, 0.25) is 5.02 Å². The molecule has 2 atom stereocenters. The van der Waals surface area contributed by atoms with E-state index < -0.39 is 6.10 Å². The number of ether oxygens (including phenoxy) is 1. The quantitative estimate of drug-likeness (QED) is 0.847. The molecule has 3 nitrogen and oxygen atoms in total. The lowest BCUT2D eigenvalue weighted by atomic mass is 9.88. The zero-order chi connectivity index (χ0) is 16.1. The third kappa shape index (κ3) is 4.47. The van der Waals surface area contributed by atoms with Crippen LogP contribution < -0.4 is 10.1 Å². The van der Waals surface area contributed by atoms with Gasteiger partial charge < -0.3 is 15.2 Å². The van der Waals surface area contributed by atoms with E-state index >= 15 is 0 Å². The Morgan fingerprint density at radius 3 is 2.96 bits per heavy atom. The average molecular weight is 332 g/mol. The molecule has 2 unspecified atom stereocenters. The zero-order valence-corrected chi connectivity index (χ0v) is 13.8. The first kappa shape index (κ1) is 16.3. The molecule has 2 aromatic carbocycles. The second kappa shape index (κ2) is 7.82. The molecular formula is C19H22ClNO2. The van der Waals surface area contributed by atoms with Crippen LogP contribution in [0.4, 0.5) is 0 Å². The summed E-state index contributed by atoms with van der Waals surface area (Å²) in [6, 6.07) is 16.1. The number of nitrogens with one attached hydrogen (secondary N) is 1. The van der Waals surface area contributed by atoms with Crippen LogP contribution in [-0.2, 0) is 6.42 Å². The maximum absolute atomic E-state index is 10.1. The molecule has 122 valence electrons. The third-order valence-electron chi connectivity index (χ3n) is 4.21. The fourth-order valence-corrected chi connectivity index (χ4v) is 3.23. The lowest BCUT2D eigenvalue weighted by Crippen LogP contribution is -2.35. The molecule has 4 heteroatoms. The van der Waals surface area contributed by atoms with E-state index in [1.807, 2.05) is 12.1 Å². The van der Waals surface area contributed by atoms with E-state index in [9.17, 15) is 5.11 Å². The predicted octanol–water partition coefficient (Wildman–Crippen LogP) is 3.75. The van der Waals surface area contributed by atoms with Gasteiger partial charge in [0, 0.05) is 17.6 Å². The molecule has 2 aromatic rings. The van der Waals surface area contributed by atoms with Crippen LogP contribution in [0.25, 0.3) is 0 Å². The Hall–Kier alpha value is -1.55. The molecule has 1 aliphatic carbocycles. The van der Waals surface area contributed by atoms with E-state index in [0.29, 0.717) is 23.4 Å². The second-order valence-electron chi connectivity index (χ2n) is 5.97. The number of aliphatic hydroxyl groups is 1. The number of aliphatic hydroxyl groups excluding tert-OH is 1. The number of hydrogen-bond acceptors (Lipinski definition) is 3. The molecule has 3 rings (SSSR count). The van der Waals surface area contributed by atoms with E-state index in [1.54, 1.807) is 12.1 Å². The van der Waals surface area contributed by atoms with Gasteiger partial charge in [0.2, 0.25) is 0 Å². The van der Waals surface area contributed by atoms with Crippen molar-refractivity contribution in [1.82, 2.24) is 5.32 Å². The van der Waals surface area contributed by atoms with E-state index in [-0.39, 0.29) is 6.61 Å². The third-order valence-corrected chi connectivity index (χ3v) is 4.44. The first-order valence-corrected chi connectivity index (χ1v) is 8.48. The van der Waals surface area contributed by atoms with Crippen molar-refractivity contribution in [2.45, 2.75) is 31.4 Å². The fourth-order valence-electron chi connectivity index (χ4n) is 3.05. The van der Waals surface area contributed by atoms with Crippen LogP contribution in [0.5, 0.6) is 5.75 Å². The first-order chi connectivity index (χ1) is 11.2. The van der Waals surface area contributed by atoms with E-state index in [2.05, 4.69) is 29.6 Å². The van der Waals surface area contributed by atoms with Gasteiger partial charge in [0.25, 0.3) is 0 Å². The smallest absolute Gasteiger partial charge is 0.120 e. The summed E-state index contributed by atoms with van der Waals surface area (Å²) in [4.78, 5) is 0. The van der Waals surface area contributed by atoms with Crippen LogP contribution in [0.1, 0.15) is 30.0 Å². The molecule has 23 heavy (non-hydrogen) atoms. The van der Waals surface area contributed by atoms with Gasteiger partial charge in [0.1, 0.15) is 18.5 Å². The molecule has 1 aliphatic rings. The highest BCUT2D eigenvalue weighted by atomic mass is 35.5. The van der Waals surface area contributed by atoms with Gasteiger partial charge in [-0.05, 0) is 48.6 Å². The van der Waals surface area contributed by atoms with Crippen molar-refractivity contribution in [3.63, 3.8) is 0 Å². The molecule has 2 N–H and O–H groups in total. The summed E-state index contributed by atoms with van der Waals surface area (Å²) in [5.41, 5.74) is 2.78. The van der Waals surface area contributed by atoms with Crippen LogP contribution in [0.15, 0.2) is 48.5 Å². The van der Waals surface area contributed by atoms with Crippen molar-refractivity contribution >= 4 is 11.6 Å². The minimum atomic E-state index is -0.553. The van der Waals surface area contributed by atoms with Gasteiger partial charge in [-0.15, -0.1) is 0 Å². The highest BCUT2D eigenvalue weighted by molar-refractivity contribution is 6.30. The molecule has 0 saturated heterocycles. The minimum absolute atomic E-state index is 0.252. The Bertz CT molecular complexity index is 647.